The topological polar surface area (TPSA) is 90.5 Å². The SMILES string of the molecule is c1ccc(-c2nc(-c3ccccc3)nc(-c3cccc4oc5c(-c6nc(-c7ccccc7)c7cccnc7n6)cccc5c34)n2)cc1. The maximum Gasteiger partial charge on any atom is 0.166 e. The van der Waals surface area contributed by atoms with E-state index in [0.717, 1.165) is 55.3 Å². The normalized spacial score (nSPS) is 11.4. The highest BCUT2D eigenvalue weighted by Gasteiger charge is 2.21. The highest BCUT2D eigenvalue weighted by molar-refractivity contribution is 6.14. The van der Waals surface area contributed by atoms with E-state index in [1.54, 1.807) is 6.20 Å². The van der Waals surface area contributed by atoms with Gasteiger partial charge in [-0.2, -0.15) is 0 Å². The largest absolute Gasteiger partial charge is 0.455 e. The minimum atomic E-state index is 0.541. The van der Waals surface area contributed by atoms with E-state index in [1.807, 2.05) is 121 Å². The van der Waals surface area contributed by atoms with Gasteiger partial charge in [-0.15, -0.1) is 0 Å². The van der Waals surface area contributed by atoms with Gasteiger partial charge in [-0.25, -0.2) is 29.9 Å². The van der Waals surface area contributed by atoms with Crippen LogP contribution in [0.15, 0.2) is 150 Å². The van der Waals surface area contributed by atoms with Gasteiger partial charge in [-0.3, -0.25) is 0 Å². The lowest BCUT2D eigenvalue weighted by atomic mass is 10.0. The van der Waals surface area contributed by atoms with Crippen molar-refractivity contribution in [3.05, 3.63) is 146 Å². The average Bonchev–Trinajstić information content (AvgIpc) is 3.54. The van der Waals surface area contributed by atoms with E-state index in [2.05, 4.69) is 23.2 Å². The van der Waals surface area contributed by atoms with Crippen LogP contribution in [0.4, 0.5) is 0 Å². The van der Waals surface area contributed by atoms with Crippen molar-refractivity contribution >= 4 is 33.0 Å². The molecule has 0 aliphatic carbocycles. The van der Waals surface area contributed by atoms with Crippen molar-refractivity contribution in [1.82, 2.24) is 29.9 Å². The summed E-state index contributed by atoms with van der Waals surface area (Å²) in [5, 5.41) is 2.72. The molecule has 0 saturated heterocycles. The summed E-state index contributed by atoms with van der Waals surface area (Å²) in [6, 6.07) is 46.0. The number of benzene rings is 5. The molecule has 0 saturated carbocycles. The van der Waals surface area contributed by atoms with Gasteiger partial charge >= 0.3 is 0 Å². The molecule has 0 aliphatic rings. The summed E-state index contributed by atoms with van der Waals surface area (Å²) in [5.41, 5.74) is 7.29. The molecule has 0 atom stereocenters. The smallest absolute Gasteiger partial charge is 0.166 e. The zero-order valence-electron chi connectivity index (χ0n) is 24.9. The highest BCUT2D eigenvalue weighted by atomic mass is 16.3. The summed E-state index contributed by atoms with van der Waals surface area (Å²) >= 11 is 0. The Kier molecular flexibility index (Phi) is 6.31. The molecule has 4 heterocycles. The Hall–Kier alpha value is -6.60. The van der Waals surface area contributed by atoms with Crippen LogP contribution < -0.4 is 0 Å². The number of furan rings is 1. The van der Waals surface area contributed by atoms with E-state index in [-0.39, 0.29) is 0 Å². The fraction of sp³-hybridized carbons (Fsp3) is 0. The number of hydrogen-bond donors (Lipinski definition) is 0. The standard InChI is InChI=1S/C40H24N6O/c1-4-13-25(14-5-1)34-30-22-12-24-41-38(30)46-40(42-34)31-21-10-19-28-33-29(20-11-23-32(33)47-35(28)31)39-44-36(26-15-6-2-7-16-26)43-37(45-39)27-17-8-3-9-18-27/h1-24H. The Morgan fingerprint density at radius 3 is 1.68 bits per heavy atom. The molecule has 0 aliphatic heterocycles. The van der Waals surface area contributed by atoms with E-state index in [1.165, 1.54) is 0 Å². The van der Waals surface area contributed by atoms with Crippen LogP contribution >= 0.6 is 0 Å². The maximum atomic E-state index is 6.62. The van der Waals surface area contributed by atoms with Crippen molar-refractivity contribution in [1.29, 1.82) is 0 Å². The highest BCUT2D eigenvalue weighted by Crippen LogP contribution is 2.40. The summed E-state index contributed by atoms with van der Waals surface area (Å²) in [7, 11) is 0. The van der Waals surface area contributed by atoms with Crippen LogP contribution in [0.3, 0.4) is 0 Å². The molecule has 0 fully saturated rings. The molecular formula is C40H24N6O. The quantitative estimate of drug-likeness (QED) is 0.193. The first kappa shape index (κ1) is 26.8. The lowest BCUT2D eigenvalue weighted by Crippen LogP contribution is -2.00. The summed E-state index contributed by atoms with van der Waals surface area (Å²) in [4.78, 5) is 29.5. The zero-order valence-corrected chi connectivity index (χ0v) is 24.9. The minimum Gasteiger partial charge on any atom is -0.455 e. The minimum absolute atomic E-state index is 0.541. The molecule has 0 N–H and O–H groups in total. The Balaban J connectivity index is 1.27. The monoisotopic (exact) mass is 604 g/mol. The van der Waals surface area contributed by atoms with Crippen LogP contribution in [0.25, 0.3) is 89.8 Å². The van der Waals surface area contributed by atoms with Crippen molar-refractivity contribution < 1.29 is 4.42 Å². The number of para-hydroxylation sites is 1. The van der Waals surface area contributed by atoms with Crippen molar-refractivity contribution in [3.8, 4) is 56.8 Å². The third-order valence-electron chi connectivity index (χ3n) is 8.22. The first-order valence-electron chi connectivity index (χ1n) is 15.3. The number of aromatic nitrogens is 6. The molecule has 0 amide bonds. The zero-order chi connectivity index (χ0) is 31.2. The van der Waals surface area contributed by atoms with Gasteiger partial charge in [-0.1, -0.05) is 115 Å². The van der Waals surface area contributed by atoms with Crippen LogP contribution in [-0.4, -0.2) is 29.9 Å². The van der Waals surface area contributed by atoms with Crippen molar-refractivity contribution in [2.45, 2.75) is 0 Å². The maximum absolute atomic E-state index is 6.62. The fourth-order valence-corrected chi connectivity index (χ4v) is 6.04. The first-order valence-corrected chi connectivity index (χ1v) is 15.3. The van der Waals surface area contributed by atoms with Crippen LogP contribution in [0.2, 0.25) is 0 Å². The third-order valence-corrected chi connectivity index (χ3v) is 8.22. The van der Waals surface area contributed by atoms with Crippen LogP contribution in [0, 0.1) is 0 Å². The van der Waals surface area contributed by atoms with E-state index >= 15 is 0 Å². The van der Waals surface area contributed by atoms with Crippen LogP contribution in [0.1, 0.15) is 0 Å². The van der Waals surface area contributed by atoms with Crippen molar-refractivity contribution in [3.63, 3.8) is 0 Å². The fourth-order valence-electron chi connectivity index (χ4n) is 6.04. The van der Waals surface area contributed by atoms with Gasteiger partial charge in [0.15, 0.2) is 28.9 Å². The van der Waals surface area contributed by atoms with Crippen molar-refractivity contribution in [2.75, 3.05) is 0 Å². The lowest BCUT2D eigenvalue weighted by molar-refractivity contribution is 0.669. The molecule has 47 heavy (non-hydrogen) atoms. The average molecular weight is 605 g/mol. The van der Waals surface area contributed by atoms with Crippen molar-refractivity contribution in [2.24, 2.45) is 0 Å². The molecule has 220 valence electrons. The Labute approximate surface area is 269 Å². The summed E-state index contributed by atoms with van der Waals surface area (Å²) < 4.78 is 6.62. The molecule has 0 unspecified atom stereocenters. The molecule has 4 aromatic heterocycles. The second kappa shape index (κ2) is 11.1. The van der Waals surface area contributed by atoms with Crippen LogP contribution in [-0.2, 0) is 0 Å². The van der Waals surface area contributed by atoms with E-state index in [4.69, 9.17) is 29.3 Å². The molecular weight excluding hydrogens is 580 g/mol. The second-order valence-corrected chi connectivity index (χ2v) is 11.1. The number of nitrogens with zero attached hydrogens (tertiary/aromatic N) is 6. The van der Waals surface area contributed by atoms with Gasteiger partial charge in [0.25, 0.3) is 0 Å². The van der Waals surface area contributed by atoms with Crippen LogP contribution in [0.5, 0.6) is 0 Å². The molecule has 9 rings (SSSR count). The lowest BCUT2D eigenvalue weighted by Gasteiger charge is -2.09. The predicted molar refractivity (Wildman–Crippen MR) is 185 cm³/mol. The number of fused-ring (bicyclic) bond motifs is 4. The molecule has 7 heteroatoms. The Morgan fingerprint density at radius 2 is 0.979 bits per heavy atom. The third kappa shape index (κ3) is 4.69. The molecule has 0 spiro atoms. The molecule has 0 radical (unpaired) electrons. The van der Waals surface area contributed by atoms with Gasteiger partial charge in [-0.05, 0) is 24.3 Å². The van der Waals surface area contributed by atoms with E-state index in [0.29, 0.717) is 34.5 Å². The Bertz CT molecular complexity index is 2510. The van der Waals surface area contributed by atoms with E-state index in [9.17, 15) is 0 Å². The Morgan fingerprint density at radius 1 is 0.404 bits per heavy atom. The van der Waals surface area contributed by atoms with Gasteiger partial charge in [0.05, 0.1) is 11.3 Å². The molecule has 5 aromatic carbocycles. The summed E-state index contributed by atoms with van der Waals surface area (Å²) in [6.45, 7) is 0. The molecule has 0 bridgehead atoms. The number of pyridine rings is 1. The summed E-state index contributed by atoms with van der Waals surface area (Å²) in [5.74, 6) is 2.31. The second-order valence-electron chi connectivity index (χ2n) is 11.1. The van der Waals surface area contributed by atoms with Gasteiger partial charge in [0, 0.05) is 44.6 Å². The predicted octanol–water partition coefficient (Wildman–Crippen LogP) is 9.44. The van der Waals surface area contributed by atoms with E-state index < -0.39 is 0 Å². The first-order chi connectivity index (χ1) is 23.3. The van der Waals surface area contributed by atoms with Gasteiger partial charge in [0.2, 0.25) is 0 Å². The van der Waals surface area contributed by atoms with Gasteiger partial charge < -0.3 is 4.42 Å². The molecule has 7 nitrogen and oxygen atoms in total. The molecule has 9 aromatic rings. The number of rotatable bonds is 5. The van der Waals surface area contributed by atoms with Gasteiger partial charge in [0.1, 0.15) is 11.2 Å². The number of hydrogen-bond acceptors (Lipinski definition) is 7. The summed E-state index contributed by atoms with van der Waals surface area (Å²) in [6.07, 6.45) is 1.75.